The summed E-state index contributed by atoms with van der Waals surface area (Å²) in [5.74, 6) is -0.202. The molecule has 116 valence electrons. The van der Waals surface area contributed by atoms with Gasteiger partial charge in [0.1, 0.15) is 11.5 Å². The van der Waals surface area contributed by atoms with Gasteiger partial charge in [0, 0.05) is 25.1 Å². The minimum atomic E-state index is -0.467. The van der Waals surface area contributed by atoms with Crippen LogP contribution in [-0.2, 0) is 20.2 Å². The van der Waals surface area contributed by atoms with Crippen molar-refractivity contribution in [2.24, 2.45) is 7.05 Å². The van der Waals surface area contributed by atoms with Gasteiger partial charge >= 0.3 is 0 Å². The van der Waals surface area contributed by atoms with Gasteiger partial charge in [-0.25, -0.2) is 4.39 Å². The van der Waals surface area contributed by atoms with Crippen LogP contribution >= 0.6 is 0 Å². The summed E-state index contributed by atoms with van der Waals surface area (Å²) in [4.78, 5) is 12.2. The second-order valence-electron chi connectivity index (χ2n) is 5.62. The van der Waals surface area contributed by atoms with E-state index in [1.807, 2.05) is 6.07 Å². The molecule has 1 aromatic heterocycles. The number of aliphatic hydroxyl groups is 1. The monoisotopic (exact) mass is 303 g/mol. The summed E-state index contributed by atoms with van der Waals surface area (Å²) in [5, 5.41) is 16.1. The summed E-state index contributed by atoms with van der Waals surface area (Å²) in [5.41, 5.74) is 2.36. The highest BCUT2D eigenvalue weighted by atomic mass is 19.1. The zero-order valence-corrected chi connectivity index (χ0v) is 12.3. The van der Waals surface area contributed by atoms with Crippen molar-refractivity contribution < 1.29 is 14.3 Å². The van der Waals surface area contributed by atoms with Gasteiger partial charge in [0.25, 0.3) is 5.91 Å². The molecule has 1 amide bonds. The first-order valence-electron chi connectivity index (χ1n) is 7.28. The van der Waals surface area contributed by atoms with E-state index in [4.69, 9.17) is 5.11 Å². The fourth-order valence-corrected chi connectivity index (χ4v) is 2.38. The number of hydrogen-bond donors (Lipinski definition) is 2. The third-order valence-electron chi connectivity index (χ3n) is 3.87. The van der Waals surface area contributed by atoms with Gasteiger partial charge in [0.05, 0.1) is 12.3 Å². The summed E-state index contributed by atoms with van der Waals surface area (Å²) in [6, 6.07) is 6.35. The average molecular weight is 303 g/mol. The number of aryl methyl sites for hydroxylation is 1. The van der Waals surface area contributed by atoms with Crippen LogP contribution in [0.5, 0.6) is 0 Å². The summed E-state index contributed by atoms with van der Waals surface area (Å²) in [6.07, 6.45) is 2.27. The van der Waals surface area contributed by atoms with E-state index in [-0.39, 0.29) is 24.6 Å². The molecule has 0 saturated heterocycles. The number of carbonyl (C=O) groups is 1. The van der Waals surface area contributed by atoms with Crippen LogP contribution in [0.25, 0.3) is 0 Å². The first kappa shape index (κ1) is 14.7. The Labute approximate surface area is 127 Å². The Morgan fingerprint density at radius 1 is 1.45 bits per heavy atom. The van der Waals surface area contributed by atoms with E-state index < -0.39 is 5.82 Å². The molecule has 0 spiro atoms. The molecule has 0 aliphatic heterocycles. The molecule has 1 fully saturated rings. The fourth-order valence-electron chi connectivity index (χ4n) is 2.38. The lowest BCUT2D eigenvalue weighted by Crippen LogP contribution is -2.25. The van der Waals surface area contributed by atoms with Crippen LogP contribution in [0, 0.1) is 5.82 Å². The van der Waals surface area contributed by atoms with Gasteiger partial charge in [0.2, 0.25) is 0 Å². The molecule has 1 aliphatic carbocycles. The van der Waals surface area contributed by atoms with Crippen molar-refractivity contribution in [3.05, 3.63) is 52.6 Å². The van der Waals surface area contributed by atoms with Crippen molar-refractivity contribution in [3.63, 3.8) is 0 Å². The maximum atomic E-state index is 13.6. The highest BCUT2D eigenvalue weighted by Gasteiger charge is 2.27. The van der Waals surface area contributed by atoms with Crippen LogP contribution in [-0.4, -0.2) is 20.8 Å². The number of hydrogen-bond acceptors (Lipinski definition) is 3. The number of benzene rings is 1. The summed E-state index contributed by atoms with van der Waals surface area (Å²) in [6.45, 7) is -0.108. The fraction of sp³-hybridized carbons (Fsp3) is 0.375. The molecular weight excluding hydrogens is 285 g/mol. The number of aromatic nitrogens is 2. The van der Waals surface area contributed by atoms with E-state index in [0.29, 0.717) is 17.2 Å². The predicted molar refractivity (Wildman–Crippen MR) is 78.7 cm³/mol. The van der Waals surface area contributed by atoms with Crippen molar-refractivity contribution in [2.45, 2.75) is 31.9 Å². The molecule has 22 heavy (non-hydrogen) atoms. The van der Waals surface area contributed by atoms with Gasteiger partial charge in [-0.3, -0.25) is 9.48 Å². The molecule has 6 heteroatoms. The Hall–Kier alpha value is -2.21. The van der Waals surface area contributed by atoms with Gasteiger partial charge in [-0.05, 0) is 30.5 Å². The maximum absolute atomic E-state index is 13.6. The van der Waals surface area contributed by atoms with Gasteiger partial charge in [-0.2, -0.15) is 5.10 Å². The SMILES string of the molecule is Cn1nc(C2CC2)cc1C(=O)NCc1ccc(CO)c(F)c1. The normalized spacial score (nSPS) is 14.1. The molecule has 0 atom stereocenters. The van der Waals surface area contributed by atoms with Gasteiger partial charge in [0.15, 0.2) is 0 Å². The number of nitrogens with one attached hydrogen (secondary N) is 1. The number of amides is 1. The maximum Gasteiger partial charge on any atom is 0.269 e. The number of aliphatic hydroxyl groups excluding tert-OH is 1. The van der Waals surface area contributed by atoms with Crippen LogP contribution in [0.2, 0.25) is 0 Å². The molecule has 0 unspecified atom stereocenters. The van der Waals surface area contributed by atoms with Crippen LogP contribution < -0.4 is 5.32 Å². The van der Waals surface area contributed by atoms with Crippen molar-refractivity contribution in [3.8, 4) is 0 Å². The van der Waals surface area contributed by atoms with E-state index in [0.717, 1.165) is 18.5 Å². The molecule has 5 nitrogen and oxygen atoms in total. The highest BCUT2D eigenvalue weighted by molar-refractivity contribution is 5.92. The lowest BCUT2D eigenvalue weighted by atomic mass is 10.1. The van der Waals surface area contributed by atoms with E-state index >= 15 is 0 Å². The molecule has 3 rings (SSSR count). The second kappa shape index (κ2) is 5.88. The molecule has 0 bridgehead atoms. The lowest BCUT2D eigenvalue weighted by Gasteiger charge is -2.07. The van der Waals surface area contributed by atoms with E-state index in [1.165, 1.54) is 12.1 Å². The summed E-state index contributed by atoms with van der Waals surface area (Å²) in [7, 11) is 1.75. The van der Waals surface area contributed by atoms with Gasteiger partial charge in [-0.1, -0.05) is 12.1 Å². The van der Waals surface area contributed by atoms with Gasteiger partial charge in [-0.15, -0.1) is 0 Å². The molecule has 2 aromatic rings. The Bertz CT molecular complexity index is 707. The molecule has 1 aliphatic rings. The Morgan fingerprint density at radius 2 is 2.23 bits per heavy atom. The molecular formula is C16H18FN3O2. The van der Waals surface area contributed by atoms with Crippen LogP contribution in [0.15, 0.2) is 24.3 Å². The van der Waals surface area contributed by atoms with Crippen molar-refractivity contribution in [1.29, 1.82) is 0 Å². The lowest BCUT2D eigenvalue weighted by molar-refractivity contribution is 0.0941. The zero-order valence-electron chi connectivity index (χ0n) is 12.3. The molecule has 0 radical (unpaired) electrons. The Kier molecular flexibility index (Phi) is 3.94. The second-order valence-corrected chi connectivity index (χ2v) is 5.62. The Balaban J connectivity index is 1.65. The summed E-state index contributed by atoms with van der Waals surface area (Å²) >= 11 is 0. The van der Waals surface area contributed by atoms with Crippen molar-refractivity contribution in [2.75, 3.05) is 0 Å². The van der Waals surface area contributed by atoms with Crippen LogP contribution in [0.1, 0.15) is 46.1 Å². The molecule has 1 saturated carbocycles. The molecule has 2 N–H and O–H groups in total. The quantitative estimate of drug-likeness (QED) is 0.886. The number of rotatable bonds is 5. The van der Waals surface area contributed by atoms with Crippen molar-refractivity contribution >= 4 is 5.91 Å². The topological polar surface area (TPSA) is 67.2 Å². The predicted octanol–water partition coefficient (Wildman–Crippen LogP) is 1.86. The Morgan fingerprint density at radius 3 is 2.86 bits per heavy atom. The largest absolute Gasteiger partial charge is 0.392 e. The van der Waals surface area contributed by atoms with E-state index in [9.17, 15) is 9.18 Å². The highest BCUT2D eigenvalue weighted by Crippen LogP contribution is 2.39. The smallest absolute Gasteiger partial charge is 0.269 e. The van der Waals surface area contributed by atoms with E-state index in [2.05, 4.69) is 10.4 Å². The molecule has 1 heterocycles. The minimum Gasteiger partial charge on any atom is -0.392 e. The number of halogens is 1. The van der Waals surface area contributed by atoms with E-state index in [1.54, 1.807) is 17.8 Å². The first-order valence-corrected chi connectivity index (χ1v) is 7.28. The van der Waals surface area contributed by atoms with Crippen LogP contribution in [0.4, 0.5) is 4.39 Å². The average Bonchev–Trinajstić information content (AvgIpc) is 3.28. The molecule has 1 aromatic carbocycles. The number of nitrogens with zero attached hydrogens (tertiary/aromatic N) is 2. The number of carbonyl (C=O) groups excluding carboxylic acids is 1. The standard InChI is InChI=1S/C16H18FN3O2/c1-20-15(7-14(19-20)11-4-5-11)16(22)18-8-10-2-3-12(9-21)13(17)6-10/h2-3,6-7,11,21H,4-5,8-9H2,1H3,(H,18,22). The minimum absolute atomic E-state index is 0.228. The van der Waals surface area contributed by atoms with Crippen LogP contribution in [0.3, 0.4) is 0 Å². The zero-order chi connectivity index (χ0) is 15.7. The van der Waals surface area contributed by atoms with Gasteiger partial charge < -0.3 is 10.4 Å². The third-order valence-corrected chi connectivity index (χ3v) is 3.87. The van der Waals surface area contributed by atoms with Crippen molar-refractivity contribution in [1.82, 2.24) is 15.1 Å². The third kappa shape index (κ3) is 3.01. The first-order chi connectivity index (χ1) is 10.6. The summed E-state index contributed by atoms with van der Waals surface area (Å²) < 4.78 is 15.2.